The summed E-state index contributed by atoms with van der Waals surface area (Å²) in [6, 6.07) is 6.18. The predicted molar refractivity (Wildman–Crippen MR) is 168 cm³/mol. The number of aromatic nitrogens is 1. The molecule has 0 aliphatic carbocycles. The van der Waals surface area contributed by atoms with Crippen LogP contribution in [-0.2, 0) is 19.1 Å². The average Bonchev–Trinajstić information content (AvgIpc) is 3.03. The lowest BCUT2D eigenvalue weighted by Gasteiger charge is -2.38. The second-order valence-corrected chi connectivity index (χ2v) is 12.5. The Labute approximate surface area is 290 Å². The second-order valence-electron chi connectivity index (χ2n) is 11.2. The van der Waals surface area contributed by atoms with Gasteiger partial charge in [-0.25, -0.2) is 14.6 Å². The molecule has 20 heteroatoms. The monoisotopic (exact) mass is 784 g/mol. The molecule has 3 heterocycles. The Hall–Kier alpha value is -3.59. The normalized spacial score (nSPS) is 23.2. The van der Waals surface area contributed by atoms with Crippen molar-refractivity contribution < 1.29 is 67.4 Å². The van der Waals surface area contributed by atoms with Crippen molar-refractivity contribution >= 4 is 62.8 Å². The SMILES string of the molecule is CC(C)N1CCC(C(=O)Nc2c(O[C@@H]3O[C@H](C(=O)O)[C@@H](O)[C@H](O)[C@H]3O)cc(Br)cc2C(=O)Nc2ccc(Cl)cn2)CC1.O=C(O)C(F)(F)F. The zero-order valence-electron chi connectivity index (χ0n) is 25.7. The lowest BCUT2D eigenvalue weighted by Crippen LogP contribution is -2.61. The highest BCUT2D eigenvalue weighted by molar-refractivity contribution is 9.10. The summed E-state index contributed by atoms with van der Waals surface area (Å²) in [6.45, 7) is 5.60. The van der Waals surface area contributed by atoms with E-state index in [1.807, 2.05) is 0 Å². The maximum absolute atomic E-state index is 13.5. The van der Waals surface area contributed by atoms with E-state index < -0.39 is 54.7 Å². The number of hydrogen-bond acceptors (Lipinski definition) is 11. The van der Waals surface area contributed by atoms with Gasteiger partial charge in [0.1, 0.15) is 29.9 Å². The van der Waals surface area contributed by atoms with E-state index in [4.69, 9.17) is 31.0 Å². The van der Waals surface area contributed by atoms with E-state index in [1.165, 1.54) is 30.5 Å². The Morgan fingerprint density at radius 2 is 1.65 bits per heavy atom. The molecule has 0 unspecified atom stereocenters. The molecule has 2 aromatic rings. The lowest BCUT2D eigenvalue weighted by atomic mass is 9.95. The molecule has 2 aliphatic rings. The summed E-state index contributed by atoms with van der Waals surface area (Å²) < 4.78 is 43.1. The van der Waals surface area contributed by atoms with Gasteiger partial charge in [-0.1, -0.05) is 27.5 Å². The van der Waals surface area contributed by atoms with Crippen molar-refractivity contribution in [1.82, 2.24) is 9.88 Å². The Kier molecular flexibility index (Phi) is 13.7. The summed E-state index contributed by atoms with van der Waals surface area (Å²) >= 11 is 9.20. The molecular weight excluding hydrogens is 753 g/mol. The number of halogens is 5. The number of carbonyl (C=O) groups is 4. The van der Waals surface area contributed by atoms with Crippen molar-refractivity contribution in [2.24, 2.45) is 5.92 Å². The third-order valence-corrected chi connectivity index (χ3v) is 8.14. The van der Waals surface area contributed by atoms with Crippen LogP contribution >= 0.6 is 27.5 Å². The number of benzene rings is 1. The molecule has 0 spiro atoms. The van der Waals surface area contributed by atoms with Crippen LogP contribution in [-0.4, -0.2) is 115 Å². The maximum atomic E-state index is 13.5. The number of carboxylic acids is 2. The number of nitrogens with one attached hydrogen (secondary N) is 2. The number of carboxylic acid groups (broad SMARTS) is 2. The van der Waals surface area contributed by atoms with Crippen LogP contribution in [0.1, 0.15) is 37.0 Å². The number of ether oxygens (including phenoxy) is 2. The predicted octanol–water partition coefficient (Wildman–Crippen LogP) is 2.71. The molecule has 1 aromatic carbocycles. The number of rotatable bonds is 8. The largest absolute Gasteiger partial charge is 0.490 e. The number of alkyl halides is 3. The van der Waals surface area contributed by atoms with E-state index in [2.05, 4.69) is 50.3 Å². The summed E-state index contributed by atoms with van der Waals surface area (Å²) in [5.74, 6) is -5.74. The van der Waals surface area contributed by atoms with Crippen molar-refractivity contribution in [2.75, 3.05) is 23.7 Å². The minimum atomic E-state index is -5.08. The number of carbonyl (C=O) groups excluding carboxylic acids is 2. The van der Waals surface area contributed by atoms with Gasteiger partial charge in [0.15, 0.2) is 6.10 Å². The fraction of sp³-hybridized carbons (Fsp3) is 0.483. The van der Waals surface area contributed by atoms with Gasteiger partial charge in [-0.3, -0.25) is 9.59 Å². The average molecular weight is 786 g/mol. The molecule has 0 radical (unpaired) electrons. The van der Waals surface area contributed by atoms with E-state index in [1.54, 1.807) is 0 Å². The Morgan fingerprint density at radius 1 is 1.04 bits per heavy atom. The number of hydrogen-bond donors (Lipinski definition) is 7. The molecule has 0 bridgehead atoms. The fourth-order valence-corrected chi connectivity index (χ4v) is 5.34. The van der Waals surface area contributed by atoms with Gasteiger partial charge >= 0.3 is 18.1 Å². The van der Waals surface area contributed by atoms with Gasteiger partial charge in [0, 0.05) is 22.6 Å². The molecule has 0 saturated carbocycles. The third kappa shape index (κ3) is 10.7. The quantitative estimate of drug-likeness (QED) is 0.205. The molecule has 5 atom stereocenters. The topological polar surface area (TPSA) is 228 Å². The zero-order chi connectivity index (χ0) is 36.8. The second kappa shape index (κ2) is 16.9. The van der Waals surface area contributed by atoms with Gasteiger partial charge < -0.3 is 50.5 Å². The van der Waals surface area contributed by atoms with Crippen LogP contribution in [0.15, 0.2) is 34.9 Å². The molecule has 1 aromatic heterocycles. The van der Waals surface area contributed by atoms with Crippen LogP contribution in [0.4, 0.5) is 24.7 Å². The highest BCUT2D eigenvalue weighted by Crippen LogP contribution is 2.37. The highest BCUT2D eigenvalue weighted by Gasteiger charge is 2.48. The molecular formula is C29H33BrClF3N4O11. The summed E-state index contributed by atoms with van der Waals surface area (Å²) in [5.41, 5.74) is -0.131. The Balaban J connectivity index is 0.000000838. The standard InChI is InChI=1S/C27H32BrClN4O9.C2HF3O2/c1-12(2)33-7-5-13(6-8-33)24(37)32-19-16(25(38)31-18-4-3-15(29)11-30-18)9-14(28)10-17(19)41-27-22(36)20(34)21(35)23(42-27)26(39)40;3-2(4,5)1(6)7/h3-4,9-13,20-23,27,34-36H,5-8H2,1-2H3,(H,32,37)(H,39,40)(H,30,31,38);(H,6,7)/t20-,21-,22+,23-,27+;/m0./s1. The number of aliphatic hydroxyl groups excluding tert-OH is 3. The van der Waals surface area contributed by atoms with E-state index >= 15 is 0 Å². The number of pyridine rings is 1. The number of aliphatic carboxylic acids is 2. The van der Waals surface area contributed by atoms with Crippen molar-refractivity contribution in [3.05, 3.63) is 45.5 Å². The first-order valence-corrected chi connectivity index (χ1v) is 15.7. The summed E-state index contributed by atoms with van der Waals surface area (Å²) in [6.07, 6.45) is -12.0. The maximum Gasteiger partial charge on any atom is 0.490 e. The number of anilines is 2. The molecule has 2 aliphatic heterocycles. The van der Waals surface area contributed by atoms with E-state index in [9.17, 15) is 48.0 Å². The zero-order valence-corrected chi connectivity index (χ0v) is 28.1. The Bertz CT molecular complexity index is 1510. The first-order chi connectivity index (χ1) is 22.8. The van der Waals surface area contributed by atoms with Crippen LogP contribution in [0, 0.1) is 5.92 Å². The van der Waals surface area contributed by atoms with Gasteiger partial charge in [-0.05, 0) is 64.0 Å². The van der Waals surface area contributed by atoms with Crippen LogP contribution in [0.5, 0.6) is 5.75 Å². The van der Waals surface area contributed by atoms with Crippen molar-refractivity contribution in [2.45, 2.75) is 69.6 Å². The number of amides is 2. The number of nitrogens with zero attached hydrogens (tertiary/aromatic N) is 2. The molecule has 4 rings (SSSR count). The first kappa shape index (κ1) is 39.8. The number of piperidine rings is 1. The van der Waals surface area contributed by atoms with Crippen LogP contribution in [0.25, 0.3) is 0 Å². The minimum Gasteiger partial charge on any atom is -0.479 e. The van der Waals surface area contributed by atoms with Crippen LogP contribution in [0.3, 0.4) is 0 Å². The smallest absolute Gasteiger partial charge is 0.479 e. The summed E-state index contributed by atoms with van der Waals surface area (Å²) in [5, 5.41) is 53.1. The molecule has 2 amide bonds. The molecule has 7 N–H and O–H groups in total. The van der Waals surface area contributed by atoms with Gasteiger partial charge in [0.05, 0.1) is 16.3 Å². The van der Waals surface area contributed by atoms with Gasteiger partial charge in [0.25, 0.3) is 5.91 Å². The molecule has 2 saturated heterocycles. The van der Waals surface area contributed by atoms with E-state index in [0.717, 1.165) is 0 Å². The van der Waals surface area contributed by atoms with Gasteiger partial charge in [-0.2, -0.15) is 13.2 Å². The van der Waals surface area contributed by atoms with E-state index in [-0.39, 0.29) is 34.6 Å². The first-order valence-electron chi connectivity index (χ1n) is 14.5. The molecule has 2 fully saturated rings. The van der Waals surface area contributed by atoms with E-state index in [0.29, 0.717) is 41.5 Å². The van der Waals surface area contributed by atoms with Crippen LogP contribution < -0.4 is 15.4 Å². The third-order valence-electron chi connectivity index (χ3n) is 7.46. The van der Waals surface area contributed by atoms with Crippen molar-refractivity contribution in [3.63, 3.8) is 0 Å². The molecule has 15 nitrogen and oxygen atoms in total. The Morgan fingerprint density at radius 3 is 2.16 bits per heavy atom. The van der Waals surface area contributed by atoms with Crippen LogP contribution in [0.2, 0.25) is 5.02 Å². The lowest BCUT2D eigenvalue weighted by molar-refractivity contribution is -0.271. The summed E-state index contributed by atoms with van der Waals surface area (Å²) in [4.78, 5) is 53.7. The highest BCUT2D eigenvalue weighted by atomic mass is 79.9. The van der Waals surface area contributed by atoms with Gasteiger partial charge in [-0.15, -0.1) is 0 Å². The number of aliphatic hydroxyl groups is 3. The summed E-state index contributed by atoms with van der Waals surface area (Å²) in [7, 11) is 0. The minimum absolute atomic E-state index is 0.0511. The fourth-order valence-electron chi connectivity index (χ4n) is 4.79. The van der Waals surface area contributed by atoms with Crippen molar-refractivity contribution in [1.29, 1.82) is 0 Å². The van der Waals surface area contributed by atoms with Gasteiger partial charge in [0.2, 0.25) is 12.2 Å². The van der Waals surface area contributed by atoms with Crippen molar-refractivity contribution in [3.8, 4) is 5.75 Å². The molecule has 270 valence electrons. The number of likely N-dealkylation sites (tertiary alicyclic amines) is 1. The molecule has 49 heavy (non-hydrogen) atoms.